The fourth-order valence-electron chi connectivity index (χ4n) is 0.986. The van der Waals surface area contributed by atoms with Crippen molar-refractivity contribution in [2.45, 2.75) is 6.18 Å². The predicted molar refractivity (Wildman–Crippen MR) is 50.9 cm³/mol. The number of hydrogen-bond donors (Lipinski definition) is 2. The largest absolute Gasteiger partial charge is 0.433 e. The van der Waals surface area contributed by atoms with Crippen LogP contribution >= 0.6 is 0 Å². The highest BCUT2D eigenvalue weighted by Crippen LogP contribution is 2.31. The molecule has 0 fully saturated rings. The van der Waals surface area contributed by atoms with Gasteiger partial charge in [0.15, 0.2) is 0 Å². The van der Waals surface area contributed by atoms with Crippen molar-refractivity contribution in [3.63, 3.8) is 0 Å². The van der Waals surface area contributed by atoms with Crippen LogP contribution in [0.15, 0.2) is 29.6 Å². The predicted octanol–water partition coefficient (Wildman–Crippen LogP) is 1.52. The molecule has 2 N–H and O–H groups in total. The van der Waals surface area contributed by atoms with Crippen molar-refractivity contribution >= 4 is 11.6 Å². The van der Waals surface area contributed by atoms with E-state index in [2.05, 4.69) is 6.58 Å². The molecular weight excluding hydrogens is 225 g/mol. The molecule has 0 radical (unpaired) electrons. The second-order valence-electron chi connectivity index (χ2n) is 2.80. The molecule has 1 amide bonds. The first kappa shape index (κ1) is 12.0. The number of carbonyl (C=O) groups is 1. The summed E-state index contributed by atoms with van der Waals surface area (Å²) in [6.07, 6.45) is -3.92. The Balaban J connectivity index is 3.23. The van der Waals surface area contributed by atoms with Crippen LogP contribution in [0.4, 0.5) is 18.9 Å². The van der Waals surface area contributed by atoms with Crippen LogP contribution < -0.4 is 10.9 Å². The van der Waals surface area contributed by atoms with E-state index in [0.29, 0.717) is 0 Å². The first-order chi connectivity index (χ1) is 7.34. The molecule has 0 spiro atoms. The van der Waals surface area contributed by atoms with Gasteiger partial charge in [-0.05, 0) is 12.1 Å². The van der Waals surface area contributed by atoms with Crippen LogP contribution in [0.1, 0.15) is 5.69 Å². The van der Waals surface area contributed by atoms with E-state index >= 15 is 0 Å². The summed E-state index contributed by atoms with van der Waals surface area (Å²) in [7, 11) is 0. The molecule has 1 aromatic rings. The third kappa shape index (κ3) is 2.72. The lowest BCUT2D eigenvalue weighted by Crippen LogP contribution is -2.20. The van der Waals surface area contributed by atoms with Crippen LogP contribution in [0.5, 0.6) is 0 Å². The Morgan fingerprint density at radius 2 is 2.06 bits per heavy atom. The molecule has 16 heavy (non-hydrogen) atoms. The van der Waals surface area contributed by atoms with Gasteiger partial charge in [-0.25, -0.2) is 0 Å². The highest BCUT2D eigenvalue weighted by molar-refractivity contribution is 5.99. The maximum Gasteiger partial charge on any atom is 0.433 e. The fraction of sp³-hybridized carbons (Fsp3) is 0.111. The second kappa shape index (κ2) is 4.21. The topological polar surface area (TPSA) is 62.0 Å². The summed E-state index contributed by atoms with van der Waals surface area (Å²) in [6.45, 7) is 3.10. The zero-order chi connectivity index (χ0) is 12.3. The van der Waals surface area contributed by atoms with E-state index in [1.807, 2.05) is 5.32 Å². The van der Waals surface area contributed by atoms with Crippen molar-refractivity contribution in [3.8, 4) is 0 Å². The van der Waals surface area contributed by atoms with Gasteiger partial charge in [-0.2, -0.15) is 13.2 Å². The van der Waals surface area contributed by atoms with Crippen molar-refractivity contribution in [2.24, 2.45) is 0 Å². The average Bonchev–Trinajstić information content (AvgIpc) is 2.19. The highest BCUT2D eigenvalue weighted by atomic mass is 19.4. The summed E-state index contributed by atoms with van der Waals surface area (Å²) < 4.78 is 37.3. The van der Waals surface area contributed by atoms with Gasteiger partial charge in [-0.15, -0.1) is 0 Å². The molecular formula is C9H7F3N2O2. The standard InChI is InChI=1S/C9H7F3N2O2/c1-2-6(15)13-5-3-4-7(16)14-8(5)9(10,11)12/h2-4H,1H2,(H,13,15)(H,14,16). The van der Waals surface area contributed by atoms with Crippen LogP contribution in [0, 0.1) is 0 Å². The molecule has 7 heteroatoms. The maximum absolute atomic E-state index is 12.4. The van der Waals surface area contributed by atoms with E-state index in [1.165, 1.54) is 0 Å². The van der Waals surface area contributed by atoms with E-state index in [0.717, 1.165) is 18.2 Å². The number of hydrogen-bond acceptors (Lipinski definition) is 2. The van der Waals surface area contributed by atoms with Gasteiger partial charge >= 0.3 is 6.18 Å². The first-order valence-electron chi connectivity index (χ1n) is 4.08. The fourth-order valence-corrected chi connectivity index (χ4v) is 0.986. The molecule has 0 bridgehead atoms. The molecule has 0 saturated heterocycles. The smallest absolute Gasteiger partial charge is 0.321 e. The molecule has 0 aliphatic carbocycles. The summed E-state index contributed by atoms with van der Waals surface area (Å²) in [5.74, 6) is -0.794. The lowest BCUT2D eigenvalue weighted by atomic mass is 10.3. The van der Waals surface area contributed by atoms with Crippen LogP contribution in [-0.2, 0) is 11.0 Å². The Morgan fingerprint density at radius 3 is 2.56 bits per heavy atom. The minimum absolute atomic E-state index is 0.517. The van der Waals surface area contributed by atoms with Gasteiger partial charge < -0.3 is 10.3 Å². The Kier molecular flexibility index (Phi) is 3.17. The van der Waals surface area contributed by atoms with Crippen molar-refractivity contribution < 1.29 is 18.0 Å². The van der Waals surface area contributed by atoms with E-state index in [9.17, 15) is 22.8 Å². The summed E-state index contributed by atoms with van der Waals surface area (Å²) in [5, 5.41) is 1.95. The van der Waals surface area contributed by atoms with E-state index in [-0.39, 0.29) is 0 Å². The average molecular weight is 232 g/mol. The lowest BCUT2D eigenvalue weighted by molar-refractivity contribution is -0.140. The molecule has 0 aliphatic heterocycles. The Morgan fingerprint density at radius 1 is 1.44 bits per heavy atom. The van der Waals surface area contributed by atoms with Crippen LogP contribution in [0.25, 0.3) is 0 Å². The van der Waals surface area contributed by atoms with Gasteiger partial charge in [-0.3, -0.25) is 9.59 Å². The van der Waals surface area contributed by atoms with Crippen molar-refractivity contribution in [3.05, 3.63) is 40.8 Å². The zero-order valence-electron chi connectivity index (χ0n) is 7.89. The van der Waals surface area contributed by atoms with Crippen molar-refractivity contribution in [1.29, 1.82) is 0 Å². The maximum atomic E-state index is 12.4. The monoisotopic (exact) mass is 232 g/mol. The Labute approximate surface area is 87.8 Å². The van der Waals surface area contributed by atoms with Crippen LogP contribution in [-0.4, -0.2) is 10.9 Å². The number of alkyl halides is 3. The van der Waals surface area contributed by atoms with E-state index in [1.54, 1.807) is 4.98 Å². The minimum Gasteiger partial charge on any atom is -0.321 e. The highest BCUT2D eigenvalue weighted by Gasteiger charge is 2.35. The first-order valence-corrected chi connectivity index (χ1v) is 4.08. The van der Waals surface area contributed by atoms with Gasteiger partial charge in [0.05, 0.1) is 5.69 Å². The molecule has 0 unspecified atom stereocenters. The van der Waals surface area contributed by atoms with E-state index < -0.39 is 29.0 Å². The SMILES string of the molecule is C=CC(=O)Nc1ccc(=O)[nH]c1C(F)(F)F. The number of nitrogens with one attached hydrogen (secondary N) is 2. The normalized spacial score (nSPS) is 10.9. The lowest BCUT2D eigenvalue weighted by Gasteiger charge is -2.11. The second-order valence-corrected chi connectivity index (χ2v) is 2.80. The number of H-pyrrole nitrogens is 1. The number of pyridine rings is 1. The molecule has 0 saturated carbocycles. The molecule has 4 nitrogen and oxygen atoms in total. The van der Waals surface area contributed by atoms with Crippen LogP contribution in [0.2, 0.25) is 0 Å². The van der Waals surface area contributed by atoms with Gasteiger partial charge in [-0.1, -0.05) is 6.58 Å². The Hall–Kier alpha value is -2.05. The molecule has 1 rings (SSSR count). The van der Waals surface area contributed by atoms with E-state index in [4.69, 9.17) is 0 Å². The number of halogens is 3. The van der Waals surface area contributed by atoms with Gasteiger partial charge in [0.1, 0.15) is 5.69 Å². The third-order valence-corrected chi connectivity index (χ3v) is 1.65. The molecule has 0 aromatic carbocycles. The molecule has 86 valence electrons. The third-order valence-electron chi connectivity index (χ3n) is 1.65. The Bertz CT molecular complexity index is 476. The summed E-state index contributed by atoms with van der Waals surface area (Å²) in [6, 6.07) is 1.76. The number of aromatic nitrogens is 1. The van der Waals surface area contributed by atoms with Gasteiger partial charge in [0.25, 0.3) is 0 Å². The number of carbonyl (C=O) groups excluding carboxylic acids is 1. The van der Waals surface area contributed by atoms with Crippen molar-refractivity contribution in [2.75, 3.05) is 5.32 Å². The number of rotatable bonds is 2. The number of aromatic amines is 1. The number of anilines is 1. The summed E-state index contributed by atoms with van der Waals surface area (Å²) >= 11 is 0. The molecule has 0 aliphatic rings. The zero-order valence-corrected chi connectivity index (χ0v) is 7.89. The molecule has 1 heterocycles. The quantitative estimate of drug-likeness (QED) is 0.759. The summed E-state index contributed by atoms with van der Waals surface area (Å²) in [4.78, 5) is 23.2. The number of amides is 1. The van der Waals surface area contributed by atoms with Gasteiger partial charge in [0, 0.05) is 6.07 Å². The van der Waals surface area contributed by atoms with Crippen molar-refractivity contribution in [1.82, 2.24) is 4.98 Å². The molecule has 1 aromatic heterocycles. The van der Waals surface area contributed by atoms with Gasteiger partial charge in [0.2, 0.25) is 11.5 Å². The molecule has 0 atom stereocenters. The summed E-state index contributed by atoms with van der Waals surface area (Å²) in [5.41, 5.74) is -2.71. The van der Waals surface area contributed by atoms with Crippen LogP contribution in [0.3, 0.4) is 0 Å². The minimum atomic E-state index is -4.75.